The third-order valence-corrected chi connectivity index (χ3v) is 4.28. The Morgan fingerprint density at radius 2 is 2.20 bits per heavy atom. The van der Waals surface area contributed by atoms with Gasteiger partial charge in [-0.2, -0.15) is 0 Å². The summed E-state index contributed by atoms with van der Waals surface area (Å²) < 4.78 is 18.4. The fraction of sp³-hybridized carbons (Fsp3) is 0.579. The molecule has 0 aromatic heterocycles. The SMILES string of the molecule is CC1CCCN(C(=O)CCNC(=O)CCCOc2cccc(F)c2)C1. The zero-order valence-electron chi connectivity index (χ0n) is 14.8. The number of carbonyl (C=O) groups excluding carboxylic acids is 2. The monoisotopic (exact) mass is 350 g/mol. The van der Waals surface area contributed by atoms with Crippen molar-refractivity contribution in [1.29, 1.82) is 0 Å². The minimum absolute atomic E-state index is 0.0948. The lowest BCUT2D eigenvalue weighted by atomic mass is 10.00. The average Bonchev–Trinajstić information content (AvgIpc) is 2.59. The number of benzene rings is 1. The first-order valence-corrected chi connectivity index (χ1v) is 8.97. The van der Waals surface area contributed by atoms with Crippen LogP contribution in [0, 0.1) is 11.7 Å². The quantitative estimate of drug-likeness (QED) is 0.734. The molecule has 2 rings (SSSR count). The molecule has 1 N–H and O–H groups in total. The molecular weight excluding hydrogens is 323 g/mol. The summed E-state index contributed by atoms with van der Waals surface area (Å²) >= 11 is 0. The highest BCUT2D eigenvalue weighted by Crippen LogP contribution is 2.16. The minimum atomic E-state index is -0.344. The van der Waals surface area contributed by atoms with E-state index in [0.717, 1.165) is 19.5 Å². The summed E-state index contributed by atoms with van der Waals surface area (Å²) in [6.07, 6.45) is 3.45. The molecule has 1 aliphatic heterocycles. The largest absolute Gasteiger partial charge is 0.493 e. The summed E-state index contributed by atoms with van der Waals surface area (Å²) in [5.74, 6) is 0.694. The molecule has 0 aliphatic carbocycles. The lowest BCUT2D eigenvalue weighted by Gasteiger charge is -2.31. The summed E-state index contributed by atoms with van der Waals surface area (Å²) in [7, 11) is 0. The molecule has 1 atom stereocenters. The van der Waals surface area contributed by atoms with Gasteiger partial charge in [-0.3, -0.25) is 9.59 Å². The summed E-state index contributed by atoms with van der Waals surface area (Å²) in [5, 5.41) is 2.77. The van der Waals surface area contributed by atoms with Crippen molar-refractivity contribution in [2.24, 2.45) is 5.92 Å². The third-order valence-electron chi connectivity index (χ3n) is 4.28. The first-order valence-electron chi connectivity index (χ1n) is 8.97. The number of amides is 2. The smallest absolute Gasteiger partial charge is 0.224 e. The van der Waals surface area contributed by atoms with E-state index in [1.807, 2.05) is 4.90 Å². The van der Waals surface area contributed by atoms with Gasteiger partial charge in [-0.15, -0.1) is 0 Å². The molecule has 1 aliphatic rings. The van der Waals surface area contributed by atoms with Crippen LogP contribution in [-0.4, -0.2) is 43.0 Å². The Kier molecular flexibility index (Phi) is 7.70. The van der Waals surface area contributed by atoms with E-state index in [1.54, 1.807) is 12.1 Å². The number of carbonyl (C=O) groups is 2. The number of nitrogens with one attached hydrogen (secondary N) is 1. The molecule has 1 unspecified atom stereocenters. The first-order chi connectivity index (χ1) is 12.0. The number of hydrogen-bond donors (Lipinski definition) is 1. The number of likely N-dealkylation sites (tertiary alicyclic amines) is 1. The molecule has 0 saturated carbocycles. The molecule has 6 heteroatoms. The Morgan fingerprint density at radius 3 is 2.96 bits per heavy atom. The highest BCUT2D eigenvalue weighted by atomic mass is 19.1. The van der Waals surface area contributed by atoms with Crippen LogP contribution < -0.4 is 10.1 Å². The molecule has 25 heavy (non-hydrogen) atoms. The van der Waals surface area contributed by atoms with Crippen molar-refractivity contribution in [2.75, 3.05) is 26.2 Å². The standard InChI is InChI=1S/C19H27FN2O3/c1-15-5-3-11-22(14-15)19(24)9-10-21-18(23)8-4-12-25-17-7-2-6-16(20)13-17/h2,6-7,13,15H,3-5,8-12,14H2,1H3,(H,21,23). The molecule has 1 heterocycles. The number of nitrogens with zero attached hydrogens (tertiary/aromatic N) is 1. The maximum absolute atomic E-state index is 13.0. The fourth-order valence-electron chi connectivity index (χ4n) is 2.95. The zero-order valence-corrected chi connectivity index (χ0v) is 14.8. The van der Waals surface area contributed by atoms with Gasteiger partial charge in [0.2, 0.25) is 11.8 Å². The van der Waals surface area contributed by atoms with Crippen LogP contribution in [0.25, 0.3) is 0 Å². The second-order valence-electron chi connectivity index (χ2n) is 6.60. The summed E-state index contributed by atoms with van der Waals surface area (Å²) in [5.41, 5.74) is 0. The maximum atomic E-state index is 13.0. The van der Waals surface area contributed by atoms with Crippen molar-refractivity contribution < 1.29 is 18.7 Å². The number of hydrogen-bond acceptors (Lipinski definition) is 3. The second-order valence-corrected chi connectivity index (χ2v) is 6.60. The maximum Gasteiger partial charge on any atom is 0.224 e. The Morgan fingerprint density at radius 1 is 1.36 bits per heavy atom. The van der Waals surface area contributed by atoms with Crippen molar-refractivity contribution in [3.8, 4) is 5.75 Å². The molecule has 2 amide bonds. The summed E-state index contributed by atoms with van der Waals surface area (Å²) in [6, 6.07) is 5.92. The van der Waals surface area contributed by atoms with Crippen LogP contribution in [-0.2, 0) is 9.59 Å². The van der Waals surface area contributed by atoms with Gasteiger partial charge in [0, 0.05) is 38.5 Å². The third kappa shape index (κ3) is 7.11. The van der Waals surface area contributed by atoms with Crippen molar-refractivity contribution in [2.45, 2.75) is 39.0 Å². The van der Waals surface area contributed by atoms with E-state index in [2.05, 4.69) is 12.2 Å². The fourth-order valence-corrected chi connectivity index (χ4v) is 2.95. The van der Waals surface area contributed by atoms with Crippen molar-refractivity contribution in [3.05, 3.63) is 30.1 Å². The molecule has 0 radical (unpaired) electrons. The summed E-state index contributed by atoms with van der Waals surface area (Å²) in [4.78, 5) is 25.8. The number of rotatable bonds is 8. The highest BCUT2D eigenvalue weighted by Gasteiger charge is 2.20. The van der Waals surface area contributed by atoms with Gasteiger partial charge in [0.05, 0.1) is 6.61 Å². The van der Waals surface area contributed by atoms with Crippen LogP contribution in [0.2, 0.25) is 0 Å². The van der Waals surface area contributed by atoms with Gasteiger partial charge in [0.25, 0.3) is 0 Å². The minimum Gasteiger partial charge on any atom is -0.493 e. The zero-order chi connectivity index (χ0) is 18.1. The van der Waals surface area contributed by atoms with E-state index in [1.165, 1.54) is 18.6 Å². The Bertz CT molecular complexity index is 580. The van der Waals surface area contributed by atoms with E-state index in [0.29, 0.717) is 44.1 Å². The Hall–Kier alpha value is -2.11. The average molecular weight is 350 g/mol. The molecular formula is C19H27FN2O3. The number of halogens is 1. The van der Waals surface area contributed by atoms with Gasteiger partial charge in [-0.25, -0.2) is 4.39 Å². The normalized spacial score (nSPS) is 17.2. The van der Waals surface area contributed by atoms with Crippen LogP contribution in [0.3, 0.4) is 0 Å². The summed E-state index contributed by atoms with van der Waals surface area (Å²) in [6.45, 7) is 4.53. The van der Waals surface area contributed by atoms with E-state index in [4.69, 9.17) is 4.74 Å². The van der Waals surface area contributed by atoms with Gasteiger partial charge in [-0.05, 0) is 37.3 Å². The predicted molar refractivity (Wildman–Crippen MR) is 93.7 cm³/mol. The second kappa shape index (κ2) is 10.0. The Balaban J connectivity index is 1.54. The molecule has 1 aromatic carbocycles. The number of piperidine rings is 1. The van der Waals surface area contributed by atoms with Crippen LogP contribution in [0.5, 0.6) is 5.75 Å². The van der Waals surface area contributed by atoms with E-state index >= 15 is 0 Å². The highest BCUT2D eigenvalue weighted by molar-refractivity contribution is 5.79. The van der Waals surface area contributed by atoms with E-state index in [-0.39, 0.29) is 17.6 Å². The van der Waals surface area contributed by atoms with Crippen LogP contribution >= 0.6 is 0 Å². The molecule has 1 aromatic rings. The predicted octanol–water partition coefficient (Wildman–Crippen LogP) is 2.75. The van der Waals surface area contributed by atoms with Crippen LogP contribution in [0.1, 0.15) is 39.0 Å². The van der Waals surface area contributed by atoms with E-state index < -0.39 is 0 Å². The van der Waals surface area contributed by atoms with Crippen LogP contribution in [0.15, 0.2) is 24.3 Å². The molecule has 5 nitrogen and oxygen atoms in total. The van der Waals surface area contributed by atoms with Crippen molar-refractivity contribution >= 4 is 11.8 Å². The molecule has 1 fully saturated rings. The molecule has 1 saturated heterocycles. The van der Waals surface area contributed by atoms with Gasteiger partial charge in [-0.1, -0.05) is 13.0 Å². The molecule has 138 valence electrons. The van der Waals surface area contributed by atoms with Gasteiger partial charge in [0.15, 0.2) is 0 Å². The first kappa shape index (κ1) is 19.2. The number of ether oxygens (including phenoxy) is 1. The topological polar surface area (TPSA) is 58.6 Å². The lowest BCUT2D eigenvalue weighted by Crippen LogP contribution is -2.40. The van der Waals surface area contributed by atoms with Gasteiger partial charge in [0.1, 0.15) is 11.6 Å². The van der Waals surface area contributed by atoms with Crippen molar-refractivity contribution in [1.82, 2.24) is 10.2 Å². The van der Waals surface area contributed by atoms with Crippen LogP contribution in [0.4, 0.5) is 4.39 Å². The Labute approximate surface area is 148 Å². The van der Waals surface area contributed by atoms with Crippen molar-refractivity contribution in [3.63, 3.8) is 0 Å². The van der Waals surface area contributed by atoms with Gasteiger partial charge < -0.3 is 15.0 Å². The van der Waals surface area contributed by atoms with Gasteiger partial charge >= 0.3 is 0 Å². The lowest BCUT2D eigenvalue weighted by molar-refractivity contribution is -0.132. The molecule has 0 spiro atoms. The molecule has 0 bridgehead atoms. The van der Waals surface area contributed by atoms with E-state index in [9.17, 15) is 14.0 Å².